The van der Waals surface area contributed by atoms with Crippen molar-refractivity contribution in [1.82, 2.24) is 34.9 Å². The Hall–Kier alpha value is -4.61. The summed E-state index contributed by atoms with van der Waals surface area (Å²) < 4.78 is 85.3. The van der Waals surface area contributed by atoms with Gasteiger partial charge in [-0.15, -0.1) is 5.10 Å². The largest absolute Gasteiger partial charge is 0.416 e. The fourth-order valence-electron chi connectivity index (χ4n) is 2.88. The molecule has 178 valence electrons. The summed E-state index contributed by atoms with van der Waals surface area (Å²) in [6.07, 6.45) is -3.75. The van der Waals surface area contributed by atoms with Crippen LogP contribution in [-0.2, 0) is 18.8 Å². The van der Waals surface area contributed by atoms with E-state index in [0.717, 1.165) is 11.0 Å². The van der Waals surface area contributed by atoms with Gasteiger partial charge in [0, 0.05) is 29.7 Å². The van der Waals surface area contributed by atoms with Crippen LogP contribution >= 0.6 is 0 Å². The van der Waals surface area contributed by atoms with Gasteiger partial charge in [-0.3, -0.25) is 0 Å². The molecule has 0 saturated heterocycles. The van der Waals surface area contributed by atoms with E-state index in [1.807, 2.05) is 6.07 Å². The molecule has 0 N–H and O–H groups in total. The summed E-state index contributed by atoms with van der Waals surface area (Å²) in [5, 5.41) is 16.4. The smallest absolute Gasteiger partial charge is 0.334 e. The van der Waals surface area contributed by atoms with Crippen molar-refractivity contribution in [3.8, 4) is 17.5 Å². The maximum absolute atomic E-state index is 13.2. The second-order valence-corrected chi connectivity index (χ2v) is 6.86. The van der Waals surface area contributed by atoms with E-state index in [2.05, 4.69) is 30.2 Å². The molecular formula is C20H10F6N8O. The van der Waals surface area contributed by atoms with Crippen LogP contribution < -0.4 is 0 Å². The van der Waals surface area contributed by atoms with Gasteiger partial charge in [-0.2, -0.15) is 36.6 Å². The van der Waals surface area contributed by atoms with Gasteiger partial charge in [0.05, 0.1) is 29.2 Å². The lowest BCUT2D eigenvalue weighted by Crippen LogP contribution is -2.11. The highest BCUT2D eigenvalue weighted by atomic mass is 19.4. The molecule has 0 saturated carbocycles. The Morgan fingerprint density at radius 3 is 2.29 bits per heavy atom. The molecule has 0 aliphatic heterocycles. The zero-order valence-corrected chi connectivity index (χ0v) is 17.1. The molecule has 4 aromatic rings. The molecule has 0 bridgehead atoms. The van der Waals surface area contributed by atoms with Gasteiger partial charge in [0.1, 0.15) is 12.7 Å². The number of hydrogen-bond donors (Lipinski definition) is 0. The summed E-state index contributed by atoms with van der Waals surface area (Å²) in [4.78, 5) is 15.7. The van der Waals surface area contributed by atoms with Crippen LogP contribution in [0.3, 0.4) is 0 Å². The number of nitrogens with zero attached hydrogens (tertiary/aromatic N) is 8. The Balaban J connectivity index is 1.78. The van der Waals surface area contributed by atoms with Crippen LogP contribution in [0.2, 0.25) is 0 Å². The Labute approximate surface area is 191 Å². The van der Waals surface area contributed by atoms with Crippen molar-refractivity contribution in [3.63, 3.8) is 0 Å². The fourth-order valence-corrected chi connectivity index (χ4v) is 2.88. The van der Waals surface area contributed by atoms with E-state index in [4.69, 9.17) is 9.78 Å². The Morgan fingerprint density at radius 1 is 1.03 bits per heavy atom. The molecule has 0 atom stereocenters. The van der Waals surface area contributed by atoms with Crippen LogP contribution in [0, 0.1) is 11.3 Å². The third-order valence-corrected chi connectivity index (χ3v) is 4.42. The summed E-state index contributed by atoms with van der Waals surface area (Å²) in [5.41, 5.74) is -2.90. The number of aromatic nitrogens is 7. The third kappa shape index (κ3) is 5.32. The zero-order chi connectivity index (χ0) is 25.2. The summed E-state index contributed by atoms with van der Waals surface area (Å²) in [7, 11) is 0. The van der Waals surface area contributed by atoms with Gasteiger partial charge in [0.25, 0.3) is 5.89 Å². The van der Waals surface area contributed by atoms with Crippen molar-refractivity contribution in [2.75, 3.05) is 0 Å². The second kappa shape index (κ2) is 8.97. The van der Waals surface area contributed by atoms with Crippen LogP contribution in [0.4, 0.5) is 26.3 Å². The highest BCUT2D eigenvalue weighted by Gasteiger charge is 2.37. The van der Waals surface area contributed by atoms with E-state index in [0.29, 0.717) is 17.7 Å². The molecule has 9 nitrogen and oxygen atoms in total. The number of nitriles is 1. The molecule has 0 amide bonds. The summed E-state index contributed by atoms with van der Waals surface area (Å²) >= 11 is 0. The lowest BCUT2D eigenvalue weighted by atomic mass is 10.0. The minimum Gasteiger partial charge on any atom is -0.334 e. The Morgan fingerprint density at radius 2 is 1.69 bits per heavy atom. The Kier molecular flexibility index (Phi) is 6.03. The van der Waals surface area contributed by atoms with Crippen LogP contribution in [0.25, 0.3) is 23.2 Å². The monoisotopic (exact) mass is 492 g/mol. The standard InChI is InChI=1S/C20H10F6N8O/c21-19(22,23)13-3-11(4-14(5-13)20(24,25)26)17-30-10-34(32-17)8-15(12-6-28-9-29-7-12)18-31-16(1-2-27)33-35-18/h3-10H,1H2. The van der Waals surface area contributed by atoms with Crippen molar-refractivity contribution in [2.24, 2.45) is 0 Å². The Bertz CT molecular complexity index is 1380. The number of halogens is 6. The summed E-state index contributed by atoms with van der Waals surface area (Å²) in [6.45, 7) is 0. The van der Waals surface area contributed by atoms with E-state index in [1.54, 1.807) is 0 Å². The molecule has 0 unspecified atom stereocenters. The first-order valence-corrected chi connectivity index (χ1v) is 9.42. The SMILES string of the molecule is N#CCc1noc(C(=Cn2cnc(-c3cc(C(F)(F)F)cc(C(F)(F)F)c3)n2)c2cncnc2)n1. The van der Waals surface area contributed by atoms with Crippen molar-refractivity contribution in [3.05, 3.63) is 71.7 Å². The first kappa shape index (κ1) is 23.5. The normalized spacial score (nSPS) is 12.5. The van der Waals surface area contributed by atoms with E-state index in [-0.39, 0.29) is 29.8 Å². The van der Waals surface area contributed by atoms with E-state index in [1.165, 1.54) is 24.9 Å². The van der Waals surface area contributed by atoms with Gasteiger partial charge in [-0.05, 0) is 18.2 Å². The fraction of sp³-hybridized carbons (Fsp3) is 0.150. The van der Waals surface area contributed by atoms with E-state index >= 15 is 0 Å². The molecule has 3 aromatic heterocycles. The van der Waals surface area contributed by atoms with Gasteiger partial charge in [-0.25, -0.2) is 19.6 Å². The van der Waals surface area contributed by atoms with Crippen molar-refractivity contribution >= 4 is 11.8 Å². The molecule has 0 radical (unpaired) electrons. The van der Waals surface area contributed by atoms with Crippen molar-refractivity contribution in [2.45, 2.75) is 18.8 Å². The number of rotatable bonds is 5. The van der Waals surface area contributed by atoms with Gasteiger partial charge in [-0.1, -0.05) is 5.16 Å². The topological polar surface area (TPSA) is 119 Å². The average molecular weight is 492 g/mol. The highest BCUT2D eigenvalue weighted by Crippen LogP contribution is 2.38. The molecule has 0 aliphatic rings. The quantitative estimate of drug-likeness (QED) is 0.379. The molecule has 0 spiro atoms. The van der Waals surface area contributed by atoms with E-state index in [9.17, 15) is 26.3 Å². The van der Waals surface area contributed by atoms with E-state index < -0.39 is 34.9 Å². The summed E-state index contributed by atoms with van der Waals surface area (Å²) in [6, 6.07) is 2.93. The molecule has 1 aromatic carbocycles. The molecular weight excluding hydrogens is 482 g/mol. The van der Waals surface area contributed by atoms with Gasteiger partial charge in [0.2, 0.25) is 0 Å². The maximum Gasteiger partial charge on any atom is 0.416 e. The number of alkyl halides is 6. The van der Waals surface area contributed by atoms with Gasteiger partial charge >= 0.3 is 12.4 Å². The highest BCUT2D eigenvalue weighted by molar-refractivity contribution is 5.83. The van der Waals surface area contributed by atoms with Crippen LogP contribution in [0.1, 0.15) is 28.4 Å². The molecule has 0 aliphatic carbocycles. The zero-order valence-electron chi connectivity index (χ0n) is 17.1. The minimum atomic E-state index is -5.02. The average Bonchev–Trinajstić information content (AvgIpc) is 3.47. The second-order valence-electron chi connectivity index (χ2n) is 6.86. The van der Waals surface area contributed by atoms with Gasteiger partial charge < -0.3 is 4.52 Å². The summed E-state index contributed by atoms with van der Waals surface area (Å²) in [5.74, 6) is -0.356. The molecule has 4 rings (SSSR count). The van der Waals surface area contributed by atoms with Crippen molar-refractivity contribution < 1.29 is 30.9 Å². The molecule has 0 fully saturated rings. The predicted octanol–water partition coefficient (Wildman–Crippen LogP) is 4.27. The van der Waals surface area contributed by atoms with Gasteiger partial charge in [0.15, 0.2) is 11.6 Å². The first-order chi connectivity index (χ1) is 16.5. The first-order valence-electron chi connectivity index (χ1n) is 9.42. The van der Waals surface area contributed by atoms with Crippen LogP contribution in [-0.4, -0.2) is 34.9 Å². The maximum atomic E-state index is 13.2. The number of benzene rings is 1. The minimum absolute atomic E-state index is 0.0162. The van der Waals surface area contributed by atoms with Crippen LogP contribution in [0.15, 0.2) is 47.8 Å². The molecule has 35 heavy (non-hydrogen) atoms. The third-order valence-electron chi connectivity index (χ3n) is 4.42. The lowest BCUT2D eigenvalue weighted by Gasteiger charge is -2.13. The predicted molar refractivity (Wildman–Crippen MR) is 104 cm³/mol. The molecule has 15 heteroatoms. The number of hydrogen-bond acceptors (Lipinski definition) is 8. The van der Waals surface area contributed by atoms with Crippen molar-refractivity contribution in [1.29, 1.82) is 5.26 Å². The molecule has 3 heterocycles. The van der Waals surface area contributed by atoms with Crippen LogP contribution in [0.5, 0.6) is 0 Å². The lowest BCUT2D eigenvalue weighted by molar-refractivity contribution is -0.143.